The number of anilines is 1. The van der Waals surface area contributed by atoms with Crippen molar-refractivity contribution in [1.29, 1.82) is 0 Å². The molecule has 2 aromatic heterocycles. The van der Waals surface area contributed by atoms with Crippen LogP contribution in [0.1, 0.15) is 50.9 Å². The fraction of sp³-hybridized carbons (Fsp3) is 0.310. The maximum atomic E-state index is 14.0. The van der Waals surface area contributed by atoms with Crippen LogP contribution in [0, 0.1) is 0 Å². The summed E-state index contributed by atoms with van der Waals surface area (Å²) in [5, 5.41) is 9.09. The quantitative estimate of drug-likeness (QED) is 0.376. The van der Waals surface area contributed by atoms with Gasteiger partial charge in [0.25, 0.3) is 5.91 Å². The van der Waals surface area contributed by atoms with Gasteiger partial charge in [0.05, 0.1) is 38.4 Å². The first-order valence-corrected chi connectivity index (χ1v) is 14.0. The third-order valence-corrected chi connectivity index (χ3v) is 8.71. The number of amides is 1. The molecule has 2 N–H and O–H groups in total. The summed E-state index contributed by atoms with van der Waals surface area (Å²) in [5.74, 6) is -0.139. The van der Waals surface area contributed by atoms with Gasteiger partial charge in [-0.3, -0.25) is 4.79 Å². The number of nitrogens with zero attached hydrogens (tertiary/aromatic N) is 3. The predicted octanol–water partition coefficient (Wildman–Crippen LogP) is 4.74. The van der Waals surface area contributed by atoms with Crippen LogP contribution in [0.5, 0.6) is 0 Å². The van der Waals surface area contributed by atoms with Crippen molar-refractivity contribution in [3.8, 4) is 0 Å². The third-order valence-electron chi connectivity index (χ3n) is 7.72. The lowest BCUT2D eigenvalue weighted by Gasteiger charge is -2.37. The van der Waals surface area contributed by atoms with E-state index in [2.05, 4.69) is 34.7 Å². The van der Waals surface area contributed by atoms with Crippen molar-refractivity contribution in [3.05, 3.63) is 106 Å². The summed E-state index contributed by atoms with van der Waals surface area (Å²) in [6.07, 6.45) is -3.36. The van der Waals surface area contributed by atoms with Gasteiger partial charge in [0.2, 0.25) is 0 Å². The molecule has 0 unspecified atom stereocenters. The minimum Gasteiger partial charge on any atom is -0.362 e. The molecular weight excluding hydrogens is 523 g/mol. The number of thiophene rings is 1. The molecule has 4 aromatic rings. The van der Waals surface area contributed by atoms with E-state index < -0.39 is 18.3 Å². The van der Waals surface area contributed by atoms with E-state index in [1.54, 1.807) is 4.90 Å². The summed E-state index contributed by atoms with van der Waals surface area (Å²) < 4.78 is 43.0. The summed E-state index contributed by atoms with van der Waals surface area (Å²) in [7, 11) is 0. The zero-order valence-electron chi connectivity index (χ0n) is 21.1. The van der Waals surface area contributed by atoms with Gasteiger partial charge in [-0.15, -0.1) is 11.3 Å². The van der Waals surface area contributed by atoms with Gasteiger partial charge in [0.15, 0.2) is 6.04 Å². The molecule has 0 bridgehead atoms. The van der Waals surface area contributed by atoms with E-state index in [9.17, 15) is 18.0 Å². The van der Waals surface area contributed by atoms with Gasteiger partial charge in [-0.25, -0.2) is 4.68 Å². The number of carbonyl (C=O) groups excluding carboxylic acids is 1. The van der Waals surface area contributed by atoms with E-state index in [1.807, 2.05) is 53.9 Å². The normalized spacial score (nSPS) is 20.1. The minimum absolute atomic E-state index is 0.134. The summed E-state index contributed by atoms with van der Waals surface area (Å²) in [6.45, 7) is 2.46. The Labute approximate surface area is 228 Å². The van der Waals surface area contributed by atoms with E-state index in [0.717, 1.165) is 22.6 Å². The van der Waals surface area contributed by atoms with E-state index in [0.29, 0.717) is 13.1 Å². The summed E-state index contributed by atoms with van der Waals surface area (Å²) in [6, 6.07) is 22.2. The Balaban J connectivity index is 1.22. The SMILES string of the molecule is O=C(c1cnn2c1N[C@H](c1cccs1)C[C@H]2C(F)(F)F)N1CC[NH+](C(c2ccccc2)c2ccccc2)CC1. The largest absolute Gasteiger partial charge is 0.410 e. The second-order valence-electron chi connectivity index (χ2n) is 10.1. The number of carbonyl (C=O) groups is 1. The van der Waals surface area contributed by atoms with Crippen LogP contribution in [-0.4, -0.2) is 52.9 Å². The highest BCUT2D eigenvalue weighted by Crippen LogP contribution is 2.45. The molecule has 1 amide bonds. The molecule has 1 saturated heterocycles. The van der Waals surface area contributed by atoms with Crippen LogP contribution in [0.2, 0.25) is 0 Å². The monoisotopic (exact) mass is 552 g/mol. The minimum atomic E-state index is -4.47. The third kappa shape index (κ3) is 5.06. The number of hydrogen-bond acceptors (Lipinski definition) is 4. The molecule has 10 heteroatoms. The lowest BCUT2D eigenvalue weighted by Crippen LogP contribution is -3.15. The van der Waals surface area contributed by atoms with Gasteiger partial charge in [-0.1, -0.05) is 66.7 Å². The molecule has 4 heterocycles. The molecule has 39 heavy (non-hydrogen) atoms. The Morgan fingerprint density at radius 3 is 2.18 bits per heavy atom. The van der Waals surface area contributed by atoms with Crippen LogP contribution in [0.4, 0.5) is 19.0 Å². The number of piperazine rings is 1. The van der Waals surface area contributed by atoms with Crippen LogP contribution >= 0.6 is 11.3 Å². The van der Waals surface area contributed by atoms with Crippen molar-refractivity contribution in [2.45, 2.75) is 30.7 Å². The second kappa shape index (κ2) is 10.5. The highest BCUT2D eigenvalue weighted by molar-refractivity contribution is 7.10. The molecule has 0 radical (unpaired) electrons. The molecule has 6 nitrogen and oxygen atoms in total. The number of rotatable bonds is 5. The average molecular weight is 553 g/mol. The topological polar surface area (TPSA) is 54.6 Å². The molecule has 2 aliphatic rings. The molecule has 2 aliphatic heterocycles. The highest BCUT2D eigenvalue weighted by atomic mass is 32.1. The standard InChI is InChI=1S/C29H28F3N5OS/c30-29(31,32)25-18-23(24-12-7-17-39-24)34-27-22(19-33-37(25)27)28(38)36-15-13-35(14-16-36)26(20-8-3-1-4-9-20)21-10-5-2-6-11-21/h1-12,17,19,23,25-26,34H,13-16,18H2/p+1/t23-,25-/m0/s1. The Morgan fingerprint density at radius 2 is 1.62 bits per heavy atom. The van der Waals surface area contributed by atoms with Gasteiger partial charge < -0.3 is 15.1 Å². The first-order chi connectivity index (χ1) is 18.9. The highest BCUT2D eigenvalue weighted by Gasteiger charge is 2.48. The smallest absolute Gasteiger partial charge is 0.362 e. The van der Waals surface area contributed by atoms with Gasteiger partial charge in [0, 0.05) is 22.4 Å². The van der Waals surface area contributed by atoms with Gasteiger partial charge >= 0.3 is 6.18 Å². The fourth-order valence-corrected chi connectivity index (χ4v) is 6.60. The number of nitrogens with one attached hydrogen (secondary N) is 2. The van der Waals surface area contributed by atoms with Gasteiger partial charge in [-0.2, -0.15) is 18.3 Å². The van der Waals surface area contributed by atoms with Crippen LogP contribution in [0.15, 0.2) is 84.4 Å². The first-order valence-electron chi connectivity index (χ1n) is 13.1. The molecule has 2 atom stereocenters. The van der Waals surface area contributed by atoms with Crippen LogP contribution in [0.3, 0.4) is 0 Å². The van der Waals surface area contributed by atoms with E-state index in [-0.39, 0.29) is 29.8 Å². The van der Waals surface area contributed by atoms with E-state index in [4.69, 9.17) is 0 Å². The van der Waals surface area contributed by atoms with Crippen molar-refractivity contribution in [3.63, 3.8) is 0 Å². The molecule has 1 fully saturated rings. The molecule has 2 aromatic carbocycles. The number of halogens is 3. The van der Waals surface area contributed by atoms with E-state index in [1.165, 1.54) is 33.6 Å². The van der Waals surface area contributed by atoms with E-state index >= 15 is 0 Å². The maximum Gasteiger partial charge on any atom is 0.410 e. The van der Waals surface area contributed by atoms with Crippen molar-refractivity contribution < 1.29 is 22.9 Å². The molecular formula is C29H29F3N5OS+. The number of benzene rings is 2. The second-order valence-corrected chi connectivity index (χ2v) is 11.0. The molecule has 0 saturated carbocycles. The lowest BCUT2D eigenvalue weighted by atomic mass is 9.96. The zero-order valence-corrected chi connectivity index (χ0v) is 22.0. The average Bonchev–Trinajstić information content (AvgIpc) is 3.64. The van der Waals surface area contributed by atoms with Crippen molar-refractivity contribution in [1.82, 2.24) is 14.7 Å². The first kappa shape index (κ1) is 25.6. The number of fused-ring (bicyclic) bond motifs is 1. The number of quaternary nitrogens is 1. The Hall–Kier alpha value is -3.63. The lowest BCUT2D eigenvalue weighted by molar-refractivity contribution is -0.929. The van der Waals surface area contributed by atoms with Crippen LogP contribution in [-0.2, 0) is 0 Å². The molecule has 0 spiro atoms. The maximum absolute atomic E-state index is 14.0. The number of aromatic nitrogens is 2. The zero-order chi connectivity index (χ0) is 27.0. The van der Waals surface area contributed by atoms with Gasteiger partial charge in [-0.05, 0) is 11.4 Å². The predicted molar refractivity (Wildman–Crippen MR) is 144 cm³/mol. The Bertz CT molecular complexity index is 1360. The number of hydrogen-bond donors (Lipinski definition) is 2. The van der Waals surface area contributed by atoms with Crippen molar-refractivity contribution in [2.75, 3.05) is 31.5 Å². The summed E-state index contributed by atoms with van der Waals surface area (Å²) in [5.41, 5.74) is 2.62. The summed E-state index contributed by atoms with van der Waals surface area (Å²) in [4.78, 5) is 17.5. The molecule has 6 rings (SSSR count). The fourth-order valence-electron chi connectivity index (χ4n) is 5.81. The molecule has 202 valence electrons. The Kier molecular flexibility index (Phi) is 6.90. The number of alkyl halides is 3. The van der Waals surface area contributed by atoms with Crippen LogP contribution < -0.4 is 10.2 Å². The summed E-state index contributed by atoms with van der Waals surface area (Å²) >= 11 is 1.40. The van der Waals surface area contributed by atoms with Crippen molar-refractivity contribution >= 4 is 23.1 Å². The van der Waals surface area contributed by atoms with Crippen molar-refractivity contribution in [2.24, 2.45) is 0 Å². The Morgan fingerprint density at radius 1 is 0.974 bits per heavy atom. The van der Waals surface area contributed by atoms with Crippen LogP contribution in [0.25, 0.3) is 0 Å². The van der Waals surface area contributed by atoms with Gasteiger partial charge in [0.1, 0.15) is 17.4 Å². The molecule has 0 aliphatic carbocycles.